The summed E-state index contributed by atoms with van der Waals surface area (Å²) in [5.74, 6) is 0.0364. The Morgan fingerprint density at radius 3 is 2.22 bits per heavy atom. The summed E-state index contributed by atoms with van der Waals surface area (Å²) < 4.78 is 49.0. The molecule has 0 saturated heterocycles. The minimum Gasteiger partial charge on any atom is -0.493 e. The van der Waals surface area contributed by atoms with Crippen molar-refractivity contribution in [2.45, 2.75) is 6.18 Å². The lowest BCUT2D eigenvalue weighted by molar-refractivity contribution is -0.137. The number of hydrogen-bond acceptors (Lipinski definition) is 5. The van der Waals surface area contributed by atoms with Crippen LogP contribution >= 0.6 is 12.2 Å². The van der Waals surface area contributed by atoms with Gasteiger partial charge in [-0.15, -0.1) is 0 Å². The number of halogens is 3. The van der Waals surface area contributed by atoms with E-state index >= 15 is 0 Å². The maximum atomic E-state index is 12.9. The maximum Gasteiger partial charge on any atom is 0.416 e. The maximum absolute atomic E-state index is 12.9. The van der Waals surface area contributed by atoms with Crippen molar-refractivity contribution in [3.8, 4) is 11.5 Å². The van der Waals surface area contributed by atoms with Gasteiger partial charge in [-0.1, -0.05) is 12.1 Å². The monoisotopic (exact) mass is 529 g/mol. The van der Waals surface area contributed by atoms with Crippen LogP contribution in [-0.4, -0.2) is 31.1 Å². The number of methoxy groups -OCH3 is 2. The molecule has 0 aliphatic carbocycles. The van der Waals surface area contributed by atoms with E-state index in [9.17, 15) is 22.8 Å². The molecule has 0 heterocycles. The normalized spacial score (nSPS) is 11.1. The van der Waals surface area contributed by atoms with E-state index in [0.29, 0.717) is 22.7 Å². The Bertz CT molecular complexity index is 1330. The molecule has 0 spiro atoms. The van der Waals surface area contributed by atoms with Gasteiger partial charge in [-0.05, 0) is 78.5 Å². The molecular formula is C26H22F3N3O4S. The molecule has 3 aromatic rings. The van der Waals surface area contributed by atoms with E-state index in [1.54, 1.807) is 36.4 Å². The van der Waals surface area contributed by atoms with Crippen molar-refractivity contribution in [1.29, 1.82) is 0 Å². The highest BCUT2D eigenvalue weighted by Gasteiger charge is 2.30. The van der Waals surface area contributed by atoms with E-state index in [2.05, 4.69) is 16.0 Å². The first kappa shape index (κ1) is 27.2. The van der Waals surface area contributed by atoms with E-state index in [-0.39, 0.29) is 16.4 Å². The molecular weight excluding hydrogens is 507 g/mol. The van der Waals surface area contributed by atoms with Crippen LogP contribution in [0.3, 0.4) is 0 Å². The summed E-state index contributed by atoms with van der Waals surface area (Å²) >= 11 is 5.14. The molecule has 37 heavy (non-hydrogen) atoms. The van der Waals surface area contributed by atoms with Crippen molar-refractivity contribution >= 4 is 46.6 Å². The summed E-state index contributed by atoms with van der Waals surface area (Å²) in [7, 11) is 3.04. The van der Waals surface area contributed by atoms with Gasteiger partial charge in [0.15, 0.2) is 16.6 Å². The number of amides is 2. The fourth-order valence-electron chi connectivity index (χ4n) is 3.13. The Hall–Kier alpha value is -4.38. The molecule has 2 amide bonds. The summed E-state index contributed by atoms with van der Waals surface area (Å²) in [6, 6.07) is 15.5. The quantitative estimate of drug-likeness (QED) is 0.277. The molecule has 0 unspecified atom stereocenters. The standard InChI is InChI=1S/C26H22F3N3O4S/c1-35-21-12-6-16(14-22(21)36-2)7-13-23(33)32-25(37)31-19-10-8-17(9-11-19)24(34)30-20-5-3-4-18(15-20)26(27,28)29/h3-15H,1-2H3,(H,30,34)(H2,31,32,33,37)/b13-7-. The number of ether oxygens (including phenoxy) is 2. The summed E-state index contributed by atoms with van der Waals surface area (Å²) in [5.41, 5.74) is 0.581. The molecule has 3 N–H and O–H groups in total. The molecule has 0 aromatic heterocycles. The highest BCUT2D eigenvalue weighted by atomic mass is 32.1. The number of alkyl halides is 3. The van der Waals surface area contributed by atoms with E-state index in [0.717, 1.165) is 12.1 Å². The Kier molecular flexibility index (Phi) is 8.86. The molecule has 7 nitrogen and oxygen atoms in total. The number of carbonyl (C=O) groups is 2. The van der Waals surface area contributed by atoms with Gasteiger partial charge in [-0.3, -0.25) is 14.9 Å². The Balaban J connectivity index is 1.54. The second kappa shape index (κ2) is 12.0. The van der Waals surface area contributed by atoms with Gasteiger partial charge >= 0.3 is 6.18 Å². The predicted molar refractivity (Wildman–Crippen MR) is 139 cm³/mol. The van der Waals surface area contributed by atoms with Gasteiger partial charge in [0.1, 0.15) is 0 Å². The highest BCUT2D eigenvalue weighted by molar-refractivity contribution is 7.80. The molecule has 3 aromatic carbocycles. The van der Waals surface area contributed by atoms with Crippen molar-refractivity contribution in [3.05, 3.63) is 89.5 Å². The third-order valence-corrected chi connectivity index (χ3v) is 5.13. The summed E-state index contributed by atoms with van der Waals surface area (Å²) in [6.45, 7) is 0. The number of thiocarbonyl (C=S) groups is 1. The smallest absolute Gasteiger partial charge is 0.416 e. The van der Waals surface area contributed by atoms with Crippen LogP contribution in [-0.2, 0) is 11.0 Å². The van der Waals surface area contributed by atoms with Gasteiger partial charge in [0.25, 0.3) is 5.91 Å². The van der Waals surface area contributed by atoms with Gasteiger partial charge in [-0.2, -0.15) is 13.2 Å². The number of benzene rings is 3. The zero-order chi connectivity index (χ0) is 27.0. The fraction of sp³-hybridized carbons (Fsp3) is 0.115. The zero-order valence-electron chi connectivity index (χ0n) is 19.7. The van der Waals surface area contributed by atoms with Crippen LogP contribution in [0.1, 0.15) is 21.5 Å². The highest BCUT2D eigenvalue weighted by Crippen LogP contribution is 2.31. The zero-order valence-corrected chi connectivity index (χ0v) is 20.5. The first-order valence-corrected chi connectivity index (χ1v) is 11.1. The average Bonchev–Trinajstić information content (AvgIpc) is 2.87. The second-order valence-corrected chi connectivity index (χ2v) is 7.91. The molecule has 192 valence electrons. The Morgan fingerprint density at radius 2 is 1.57 bits per heavy atom. The van der Waals surface area contributed by atoms with E-state index in [4.69, 9.17) is 21.7 Å². The van der Waals surface area contributed by atoms with Crippen LogP contribution in [0.5, 0.6) is 11.5 Å². The van der Waals surface area contributed by atoms with Crippen LogP contribution < -0.4 is 25.4 Å². The lowest BCUT2D eigenvalue weighted by Gasteiger charge is -2.11. The lowest BCUT2D eigenvalue weighted by atomic mass is 10.1. The topological polar surface area (TPSA) is 88.7 Å². The van der Waals surface area contributed by atoms with Crippen LogP contribution in [0.4, 0.5) is 24.5 Å². The summed E-state index contributed by atoms with van der Waals surface area (Å²) in [5, 5.41) is 7.79. The largest absolute Gasteiger partial charge is 0.493 e. The van der Waals surface area contributed by atoms with E-state index in [1.165, 1.54) is 44.6 Å². The molecule has 0 atom stereocenters. The van der Waals surface area contributed by atoms with Crippen LogP contribution in [0.2, 0.25) is 0 Å². The van der Waals surface area contributed by atoms with Crippen molar-refractivity contribution < 1.29 is 32.2 Å². The van der Waals surface area contributed by atoms with Crippen molar-refractivity contribution in [2.24, 2.45) is 0 Å². The fourth-order valence-corrected chi connectivity index (χ4v) is 3.34. The lowest BCUT2D eigenvalue weighted by Crippen LogP contribution is -2.32. The van der Waals surface area contributed by atoms with Crippen LogP contribution in [0, 0.1) is 0 Å². The van der Waals surface area contributed by atoms with Gasteiger partial charge < -0.3 is 20.1 Å². The third kappa shape index (κ3) is 7.80. The van der Waals surface area contributed by atoms with Gasteiger partial charge in [0, 0.05) is 23.0 Å². The Morgan fingerprint density at radius 1 is 0.865 bits per heavy atom. The number of rotatable bonds is 7. The molecule has 0 saturated carbocycles. The molecule has 11 heteroatoms. The molecule has 0 radical (unpaired) electrons. The van der Waals surface area contributed by atoms with E-state index < -0.39 is 23.6 Å². The van der Waals surface area contributed by atoms with Crippen LogP contribution in [0.15, 0.2) is 72.8 Å². The number of nitrogens with one attached hydrogen (secondary N) is 3. The minimum atomic E-state index is -4.51. The van der Waals surface area contributed by atoms with Gasteiger partial charge in [-0.25, -0.2) is 0 Å². The second-order valence-electron chi connectivity index (χ2n) is 7.50. The van der Waals surface area contributed by atoms with Crippen molar-refractivity contribution in [1.82, 2.24) is 5.32 Å². The molecule has 0 fully saturated rings. The first-order chi connectivity index (χ1) is 17.6. The minimum absolute atomic E-state index is 0.0204. The molecule has 0 aliphatic heterocycles. The van der Waals surface area contributed by atoms with Crippen molar-refractivity contribution in [2.75, 3.05) is 24.9 Å². The number of anilines is 2. The first-order valence-electron chi connectivity index (χ1n) is 10.7. The van der Waals surface area contributed by atoms with Crippen LogP contribution in [0.25, 0.3) is 6.08 Å². The summed E-state index contributed by atoms with van der Waals surface area (Å²) in [6.07, 6.45) is -1.63. The average molecular weight is 530 g/mol. The third-order valence-electron chi connectivity index (χ3n) is 4.92. The molecule has 0 aliphatic rings. The SMILES string of the molecule is COc1ccc(/C=C\C(=O)NC(=S)Nc2ccc(C(=O)Nc3cccc(C(F)(F)F)c3)cc2)cc1OC. The van der Waals surface area contributed by atoms with Crippen molar-refractivity contribution in [3.63, 3.8) is 0 Å². The number of carbonyl (C=O) groups excluding carboxylic acids is 2. The molecule has 0 bridgehead atoms. The summed E-state index contributed by atoms with van der Waals surface area (Å²) in [4.78, 5) is 24.6. The van der Waals surface area contributed by atoms with E-state index in [1.807, 2.05) is 0 Å². The number of hydrogen-bond donors (Lipinski definition) is 3. The van der Waals surface area contributed by atoms with Gasteiger partial charge in [0.2, 0.25) is 5.91 Å². The predicted octanol–water partition coefficient (Wildman–Crippen LogP) is 5.50. The van der Waals surface area contributed by atoms with Gasteiger partial charge in [0.05, 0.1) is 19.8 Å². The Labute approximate surface area is 216 Å². The molecule has 3 rings (SSSR count).